The molecule has 7 heteroatoms. The molecule has 0 aliphatic rings. The zero-order valence-corrected chi connectivity index (χ0v) is 15.2. The molecule has 0 saturated heterocycles. The van der Waals surface area contributed by atoms with Gasteiger partial charge in [-0.05, 0) is 30.7 Å². The Morgan fingerprint density at radius 3 is 2.44 bits per heavy atom. The summed E-state index contributed by atoms with van der Waals surface area (Å²) in [6.45, 7) is 2.10. The van der Waals surface area contributed by atoms with Crippen LogP contribution in [0.2, 0.25) is 5.02 Å². The van der Waals surface area contributed by atoms with Gasteiger partial charge < -0.3 is 4.52 Å². The molecule has 3 aromatic rings. The van der Waals surface area contributed by atoms with E-state index >= 15 is 0 Å². The number of sulfonamides is 1. The Hall–Kier alpha value is -2.15. The molecule has 0 spiro atoms. The second kappa shape index (κ2) is 7.39. The van der Waals surface area contributed by atoms with Gasteiger partial charge in [-0.1, -0.05) is 53.2 Å². The van der Waals surface area contributed by atoms with Gasteiger partial charge in [0.05, 0.1) is 17.1 Å². The Kier molecular flexibility index (Phi) is 5.22. The third-order valence-electron chi connectivity index (χ3n) is 3.64. The van der Waals surface area contributed by atoms with Crippen molar-refractivity contribution in [3.63, 3.8) is 0 Å². The number of halogens is 1. The van der Waals surface area contributed by atoms with E-state index in [0.717, 1.165) is 5.56 Å². The van der Waals surface area contributed by atoms with E-state index in [1.165, 1.54) is 16.4 Å². The highest BCUT2D eigenvalue weighted by atomic mass is 35.5. The molecule has 0 unspecified atom stereocenters. The number of hydrogen-bond donors (Lipinski definition) is 0. The summed E-state index contributed by atoms with van der Waals surface area (Å²) in [5.74, 6) is 0.485. The van der Waals surface area contributed by atoms with Gasteiger partial charge in [0.25, 0.3) is 0 Å². The van der Waals surface area contributed by atoms with Gasteiger partial charge in [0, 0.05) is 17.6 Å². The molecule has 3 rings (SSSR count). The minimum atomic E-state index is -3.75. The third-order valence-corrected chi connectivity index (χ3v) is 5.67. The molecule has 0 bridgehead atoms. The Morgan fingerprint density at radius 2 is 1.80 bits per heavy atom. The van der Waals surface area contributed by atoms with Crippen LogP contribution >= 0.6 is 11.6 Å². The Bertz CT molecular complexity index is 955. The summed E-state index contributed by atoms with van der Waals surface area (Å²) in [5, 5.41) is 4.20. The summed E-state index contributed by atoms with van der Waals surface area (Å²) in [6.07, 6.45) is 0. The first-order chi connectivity index (χ1) is 11.9. The summed E-state index contributed by atoms with van der Waals surface area (Å²) >= 11 is 5.97. The lowest BCUT2D eigenvalue weighted by Gasteiger charge is -2.21. The first kappa shape index (κ1) is 17.7. The Morgan fingerprint density at radius 1 is 1.04 bits per heavy atom. The smallest absolute Gasteiger partial charge is 0.243 e. The lowest BCUT2D eigenvalue weighted by Crippen LogP contribution is -2.30. The SMILES string of the molecule is Cc1cc(CN(Cc2ccccc2)S(=O)(=O)c2cccc(Cl)c2)on1. The van der Waals surface area contributed by atoms with Crippen LogP contribution in [0.3, 0.4) is 0 Å². The molecule has 0 fully saturated rings. The van der Waals surface area contributed by atoms with Crippen LogP contribution in [-0.4, -0.2) is 17.9 Å². The Labute approximate surface area is 151 Å². The third kappa shape index (κ3) is 4.28. The van der Waals surface area contributed by atoms with Gasteiger partial charge in [0.1, 0.15) is 0 Å². The molecule has 25 heavy (non-hydrogen) atoms. The highest BCUT2D eigenvalue weighted by molar-refractivity contribution is 7.89. The van der Waals surface area contributed by atoms with E-state index in [0.29, 0.717) is 16.5 Å². The molecule has 0 atom stereocenters. The maximum Gasteiger partial charge on any atom is 0.243 e. The largest absolute Gasteiger partial charge is 0.360 e. The fraction of sp³-hybridized carbons (Fsp3) is 0.167. The van der Waals surface area contributed by atoms with Gasteiger partial charge in [-0.25, -0.2) is 8.42 Å². The first-order valence-electron chi connectivity index (χ1n) is 7.67. The lowest BCUT2D eigenvalue weighted by atomic mass is 10.2. The molecule has 0 N–H and O–H groups in total. The van der Waals surface area contributed by atoms with Crippen LogP contribution in [0.5, 0.6) is 0 Å². The number of aryl methyl sites for hydroxylation is 1. The molecule has 1 heterocycles. The molecular formula is C18H17ClN2O3S. The van der Waals surface area contributed by atoms with Crippen LogP contribution in [0.25, 0.3) is 0 Å². The predicted octanol–water partition coefficient (Wildman–Crippen LogP) is 4.03. The van der Waals surface area contributed by atoms with E-state index in [-0.39, 0.29) is 18.0 Å². The minimum Gasteiger partial charge on any atom is -0.360 e. The number of benzene rings is 2. The summed E-state index contributed by atoms with van der Waals surface area (Å²) in [4.78, 5) is 0.146. The van der Waals surface area contributed by atoms with Crippen LogP contribution in [0.15, 0.2) is 70.1 Å². The van der Waals surface area contributed by atoms with E-state index in [1.54, 1.807) is 25.1 Å². The quantitative estimate of drug-likeness (QED) is 0.651. The van der Waals surface area contributed by atoms with Gasteiger partial charge in [-0.3, -0.25) is 0 Å². The van der Waals surface area contributed by atoms with Crippen molar-refractivity contribution in [2.45, 2.75) is 24.9 Å². The highest BCUT2D eigenvalue weighted by Crippen LogP contribution is 2.23. The second-order valence-electron chi connectivity index (χ2n) is 5.65. The summed E-state index contributed by atoms with van der Waals surface area (Å²) in [7, 11) is -3.75. The molecular weight excluding hydrogens is 360 g/mol. The summed E-state index contributed by atoms with van der Waals surface area (Å²) in [6, 6.07) is 17.4. The minimum absolute atomic E-state index is 0.0879. The Balaban J connectivity index is 1.97. The van der Waals surface area contributed by atoms with Crippen LogP contribution < -0.4 is 0 Å². The van der Waals surface area contributed by atoms with Crippen LogP contribution in [0.1, 0.15) is 17.0 Å². The van der Waals surface area contributed by atoms with Gasteiger partial charge in [-0.15, -0.1) is 0 Å². The van der Waals surface area contributed by atoms with Crippen LogP contribution in [0.4, 0.5) is 0 Å². The van der Waals surface area contributed by atoms with E-state index in [2.05, 4.69) is 5.16 Å². The summed E-state index contributed by atoms with van der Waals surface area (Å²) < 4.78 is 32.8. The number of hydrogen-bond acceptors (Lipinski definition) is 4. The van der Waals surface area contributed by atoms with E-state index in [4.69, 9.17) is 16.1 Å². The predicted molar refractivity (Wildman–Crippen MR) is 95.6 cm³/mol. The molecule has 5 nitrogen and oxygen atoms in total. The summed E-state index contributed by atoms with van der Waals surface area (Å²) in [5.41, 5.74) is 1.58. The van der Waals surface area contributed by atoms with Crippen molar-refractivity contribution in [2.24, 2.45) is 0 Å². The lowest BCUT2D eigenvalue weighted by molar-refractivity contribution is 0.317. The van der Waals surface area contributed by atoms with Gasteiger partial charge in [0.2, 0.25) is 10.0 Å². The molecule has 2 aromatic carbocycles. The number of aromatic nitrogens is 1. The average molecular weight is 377 g/mol. The monoisotopic (exact) mass is 376 g/mol. The van der Waals surface area contributed by atoms with Crippen LogP contribution in [-0.2, 0) is 23.1 Å². The highest BCUT2D eigenvalue weighted by Gasteiger charge is 2.26. The number of rotatable bonds is 6. The normalized spacial score (nSPS) is 11.8. The van der Waals surface area contributed by atoms with Crippen molar-refractivity contribution in [2.75, 3.05) is 0 Å². The fourth-order valence-electron chi connectivity index (χ4n) is 2.45. The van der Waals surface area contributed by atoms with E-state index < -0.39 is 10.0 Å². The average Bonchev–Trinajstić information content (AvgIpc) is 3.00. The molecule has 0 aliphatic carbocycles. The maximum absolute atomic E-state index is 13.1. The fourth-order valence-corrected chi connectivity index (χ4v) is 4.15. The zero-order valence-electron chi connectivity index (χ0n) is 13.6. The van der Waals surface area contributed by atoms with Crippen molar-refractivity contribution < 1.29 is 12.9 Å². The first-order valence-corrected chi connectivity index (χ1v) is 9.49. The van der Waals surface area contributed by atoms with Crippen molar-refractivity contribution in [1.82, 2.24) is 9.46 Å². The standard InChI is InChI=1S/C18H17ClN2O3S/c1-14-10-17(24-20-14)13-21(12-15-6-3-2-4-7-15)25(22,23)18-9-5-8-16(19)11-18/h2-11H,12-13H2,1H3. The van der Waals surface area contributed by atoms with E-state index in [1.807, 2.05) is 30.3 Å². The van der Waals surface area contributed by atoms with Crippen LogP contribution in [0, 0.1) is 6.92 Å². The van der Waals surface area contributed by atoms with Crippen molar-refractivity contribution in [3.8, 4) is 0 Å². The van der Waals surface area contributed by atoms with Crippen molar-refractivity contribution in [3.05, 3.63) is 82.7 Å². The van der Waals surface area contributed by atoms with Gasteiger partial charge >= 0.3 is 0 Å². The molecule has 130 valence electrons. The molecule has 0 saturated carbocycles. The molecule has 1 aromatic heterocycles. The molecule has 0 radical (unpaired) electrons. The topological polar surface area (TPSA) is 63.4 Å². The zero-order chi connectivity index (χ0) is 17.9. The molecule has 0 amide bonds. The molecule has 0 aliphatic heterocycles. The van der Waals surface area contributed by atoms with E-state index in [9.17, 15) is 8.42 Å². The van der Waals surface area contributed by atoms with Crippen molar-refractivity contribution in [1.29, 1.82) is 0 Å². The maximum atomic E-state index is 13.1. The number of nitrogens with zero attached hydrogens (tertiary/aromatic N) is 2. The second-order valence-corrected chi connectivity index (χ2v) is 8.03. The van der Waals surface area contributed by atoms with Gasteiger partial charge in [0.15, 0.2) is 5.76 Å². The van der Waals surface area contributed by atoms with Gasteiger partial charge in [-0.2, -0.15) is 4.31 Å². The van der Waals surface area contributed by atoms with Crippen molar-refractivity contribution >= 4 is 21.6 Å².